The number of thiazole rings is 1. The molecule has 0 saturated carbocycles. The van der Waals surface area contributed by atoms with Crippen molar-refractivity contribution in [3.8, 4) is 22.2 Å². The summed E-state index contributed by atoms with van der Waals surface area (Å²) in [6.45, 7) is 4.04. The molecule has 1 aromatic carbocycles. The minimum absolute atomic E-state index is 0.583. The number of aryl methyl sites for hydroxylation is 2. The molecule has 5 heteroatoms. The second-order valence-electron chi connectivity index (χ2n) is 4.20. The molecule has 0 N–H and O–H groups in total. The molecule has 0 spiro atoms. The van der Waals surface area contributed by atoms with Crippen LogP contribution in [0.25, 0.3) is 22.2 Å². The van der Waals surface area contributed by atoms with Gasteiger partial charge in [0.2, 0.25) is 0 Å². The number of benzene rings is 1. The SMILES string of the molecule is Cc1nc(-c2ncc(-c3ccc(Br)cc3)o2)sc1C. The Kier molecular flexibility index (Phi) is 3.24. The van der Waals surface area contributed by atoms with Gasteiger partial charge in [0.05, 0.1) is 11.9 Å². The first kappa shape index (κ1) is 12.6. The lowest BCUT2D eigenvalue weighted by Gasteiger charge is -1.95. The highest BCUT2D eigenvalue weighted by Crippen LogP contribution is 2.30. The zero-order valence-electron chi connectivity index (χ0n) is 10.5. The second-order valence-corrected chi connectivity index (χ2v) is 6.32. The van der Waals surface area contributed by atoms with Gasteiger partial charge in [-0.1, -0.05) is 28.1 Å². The van der Waals surface area contributed by atoms with Crippen LogP contribution in [0.15, 0.2) is 39.4 Å². The van der Waals surface area contributed by atoms with Crippen molar-refractivity contribution in [1.29, 1.82) is 0 Å². The molecule has 2 heterocycles. The van der Waals surface area contributed by atoms with Gasteiger partial charge in [-0.15, -0.1) is 11.3 Å². The lowest BCUT2D eigenvalue weighted by Crippen LogP contribution is -1.76. The average molecular weight is 335 g/mol. The number of rotatable bonds is 2. The van der Waals surface area contributed by atoms with Crippen molar-refractivity contribution < 1.29 is 4.42 Å². The Balaban J connectivity index is 1.97. The molecule has 0 aliphatic heterocycles. The standard InChI is InChI=1S/C14H11BrN2OS/c1-8-9(2)19-14(17-8)13-16-7-12(18-13)10-3-5-11(15)6-4-10/h3-7H,1-2H3. The van der Waals surface area contributed by atoms with Crippen LogP contribution >= 0.6 is 27.3 Å². The van der Waals surface area contributed by atoms with Gasteiger partial charge >= 0.3 is 0 Å². The molecule has 3 nitrogen and oxygen atoms in total. The van der Waals surface area contributed by atoms with Crippen LogP contribution in [0.5, 0.6) is 0 Å². The highest BCUT2D eigenvalue weighted by molar-refractivity contribution is 9.10. The third-order valence-corrected chi connectivity index (χ3v) is 4.44. The van der Waals surface area contributed by atoms with Crippen LogP contribution in [-0.2, 0) is 0 Å². The van der Waals surface area contributed by atoms with E-state index in [-0.39, 0.29) is 0 Å². The summed E-state index contributed by atoms with van der Waals surface area (Å²) in [5.74, 6) is 1.34. The molecule has 0 aliphatic carbocycles. The monoisotopic (exact) mass is 334 g/mol. The summed E-state index contributed by atoms with van der Waals surface area (Å²) in [4.78, 5) is 9.96. The molecule has 0 unspecified atom stereocenters. The van der Waals surface area contributed by atoms with E-state index < -0.39 is 0 Å². The summed E-state index contributed by atoms with van der Waals surface area (Å²) in [5.41, 5.74) is 2.04. The summed E-state index contributed by atoms with van der Waals surface area (Å²) in [7, 11) is 0. The van der Waals surface area contributed by atoms with Crippen LogP contribution in [0.2, 0.25) is 0 Å². The van der Waals surface area contributed by atoms with Gasteiger partial charge in [-0.2, -0.15) is 0 Å². The van der Waals surface area contributed by atoms with Crippen LogP contribution in [-0.4, -0.2) is 9.97 Å². The van der Waals surface area contributed by atoms with Crippen LogP contribution < -0.4 is 0 Å². The van der Waals surface area contributed by atoms with E-state index >= 15 is 0 Å². The molecule has 0 saturated heterocycles. The third kappa shape index (κ3) is 2.48. The smallest absolute Gasteiger partial charge is 0.256 e. The van der Waals surface area contributed by atoms with E-state index in [2.05, 4.69) is 32.8 Å². The van der Waals surface area contributed by atoms with E-state index in [1.807, 2.05) is 31.2 Å². The molecular formula is C14H11BrN2OS. The normalized spacial score (nSPS) is 10.9. The molecule has 2 aromatic heterocycles. The van der Waals surface area contributed by atoms with Gasteiger partial charge in [0.15, 0.2) is 10.8 Å². The number of hydrogen-bond acceptors (Lipinski definition) is 4. The number of aromatic nitrogens is 2. The fourth-order valence-corrected chi connectivity index (χ4v) is 2.80. The Bertz CT molecular complexity index is 696. The summed E-state index contributed by atoms with van der Waals surface area (Å²) in [5, 5.41) is 0.832. The quantitative estimate of drug-likeness (QED) is 0.672. The van der Waals surface area contributed by atoms with Gasteiger partial charge in [-0.05, 0) is 26.0 Å². The Labute approximate surface area is 123 Å². The molecule has 0 fully saturated rings. The zero-order chi connectivity index (χ0) is 13.4. The minimum atomic E-state index is 0.583. The van der Waals surface area contributed by atoms with Gasteiger partial charge < -0.3 is 4.42 Å². The largest absolute Gasteiger partial charge is 0.434 e. The van der Waals surface area contributed by atoms with Crippen LogP contribution in [0.4, 0.5) is 0 Å². The lowest BCUT2D eigenvalue weighted by atomic mass is 10.2. The summed E-state index contributed by atoms with van der Waals surface area (Å²) < 4.78 is 6.83. The van der Waals surface area contributed by atoms with Gasteiger partial charge in [-0.25, -0.2) is 9.97 Å². The van der Waals surface area contributed by atoms with Crippen LogP contribution in [0.1, 0.15) is 10.6 Å². The maximum absolute atomic E-state index is 5.79. The molecule has 96 valence electrons. The van der Waals surface area contributed by atoms with Crippen molar-refractivity contribution in [1.82, 2.24) is 9.97 Å². The fourth-order valence-electron chi connectivity index (χ4n) is 1.68. The molecule has 0 amide bonds. The van der Waals surface area contributed by atoms with Gasteiger partial charge in [0, 0.05) is 14.9 Å². The van der Waals surface area contributed by atoms with Crippen LogP contribution in [0.3, 0.4) is 0 Å². The van der Waals surface area contributed by atoms with Crippen molar-refractivity contribution in [2.75, 3.05) is 0 Å². The first-order chi connectivity index (χ1) is 9.13. The summed E-state index contributed by atoms with van der Waals surface area (Å²) in [6, 6.07) is 7.95. The van der Waals surface area contributed by atoms with Crippen LogP contribution in [0, 0.1) is 13.8 Å². The molecule has 3 aromatic rings. The second kappa shape index (κ2) is 4.90. The Morgan fingerprint density at radius 2 is 1.89 bits per heavy atom. The van der Waals surface area contributed by atoms with Crippen molar-refractivity contribution in [2.24, 2.45) is 0 Å². The van der Waals surface area contributed by atoms with E-state index in [9.17, 15) is 0 Å². The molecule has 0 radical (unpaired) electrons. The maximum Gasteiger partial charge on any atom is 0.256 e. The van der Waals surface area contributed by atoms with E-state index in [4.69, 9.17) is 4.42 Å². The first-order valence-electron chi connectivity index (χ1n) is 5.79. The highest BCUT2D eigenvalue weighted by atomic mass is 79.9. The highest BCUT2D eigenvalue weighted by Gasteiger charge is 2.13. The Hall–Kier alpha value is -1.46. The van der Waals surface area contributed by atoms with Gasteiger partial charge in [-0.3, -0.25) is 0 Å². The predicted octanol–water partition coefficient (Wildman–Crippen LogP) is 4.84. The predicted molar refractivity (Wildman–Crippen MR) is 80.2 cm³/mol. The van der Waals surface area contributed by atoms with Crippen molar-refractivity contribution in [2.45, 2.75) is 13.8 Å². The number of halogens is 1. The van der Waals surface area contributed by atoms with Crippen molar-refractivity contribution >= 4 is 27.3 Å². The van der Waals surface area contributed by atoms with E-state index in [1.165, 1.54) is 4.88 Å². The Morgan fingerprint density at radius 1 is 1.16 bits per heavy atom. The molecule has 0 atom stereocenters. The van der Waals surface area contributed by atoms with E-state index in [0.29, 0.717) is 5.89 Å². The number of oxazole rings is 1. The molecular weight excluding hydrogens is 324 g/mol. The summed E-state index contributed by atoms with van der Waals surface area (Å²) >= 11 is 5.02. The maximum atomic E-state index is 5.79. The summed E-state index contributed by atoms with van der Waals surface area (Å²) in [6.07, 6.45) is 1.74. The Morgan fingerprint density at radius 3 is 2.53 bits per heavy atom. The van der Waals surface area contributed by atoms with Crippen molar-refractivity contribution in [3.63, 3.8) is 0 Å². The first-order valence-corrected chi connectivity index (χ1v) is 7.40. The van der Waals surface area contributed by atoms with Gasteiger partial charge in [0.1, 0.15) is 0 Å². The van der Waals surface area contributed by atoms with Crippen molar-refractivity contribution in [3.05, 3.63) is 45.5 Å². The van der Waals surface area contributed by atoms with Gasteiger partial charge in [0.25, 0.3) is 5.89 Å². The van der Waals surface area contributed by atoms with E-state index in [1.54, 1.807) is 17.5 Å². The number of hydrogen-bond donors (Lipinski definition) is 0. The number of nitrogens with zero attached hydrogens (tertiary/aromatic N) is 2. The lowest BCUT2D eigenvalue weighted by molar-refractivity contribution is 0.588. The van der Waals surface area contributed by atoms with E-state index in [0.717, 1.165) is 26.5 Å². The molecule has 0 aliphatic rings. The third-order valence-electron chi connectivity index (χ3n) is 2.85. The molecule has 0 bridgehead atoms. The minimum Gasteiger partial charge on any atom is -0.434 e. The molecule has 19 heavy (non-hydrogen) atoms. The topological polar surface area (TPSA) is 38.9 Å². The molecule has 3 rings (SSSR count). The average Bonchev–Trinajstić information content (AvgIpc) is 2.99. The zero-order valence-corrected chi connectivity index (χ0v) is 12.9. The fraction of sp³-hybridized carbons (Fsp3) is 0.143.